The minimum atomic E-state index is -3.64. The van der Waals surface area contributed by atoms with Gasteiger partial charge in [-0.1, -0.05) is 17.7 Å². The number of nitrogens with two attached hydrogens (primary N) is 1. The standard InChI is InChI=1S/C11H11ClN2O2S2/c12-8-3-4-10(13)11(6-8)18(15,16)14-7-9-2-1-5-17-9/h1-6,14H,7,13H2. The van der Waals surface area contributed by atoms with Gasteiger partial charge >= 0.3 is 0 Å². The predicted molar refractivity (Wildman–Crippen MR) is 74.2 cm³/mol. The van der Waals surface area contributed by atoms with Gasteiger partial charge in [0.2, 0.25) is 10.0 Å². The summed E-state index contributed by atoms with van der Waals surface area (Å²) in [6.07, 6.45) is 0. The van der Waals surface area contributed by atoms with Gasteiger partial charge in [0.15, 0.2) is 0 Å². The number of thiophene rings is 1. The lowest BCUT2D eigenvalue weighted by atomic mass is 10.3. The third-order valence-electron chi connectivity index (χ3n) is 2.28. The molecule has 0 atom stereocenters. The van der Waals surface area contributed by atoms with Crippen molar-refractivity contribution in [3.8, 4) is 0 Å². The monoisotopic (exact) mass is 302 g/mol. The molecule has 0 aliphatic rings. The van der Waals surface area contributed by atoms with Crippen LogP contribution in [-0.4, -0.2) is 8.42 Å². The average molecular weight is 303 g/mol. The van der Waals surface area contributed by atoms with Crippen molar-refractivity contribution in [3.05, 3.63) is 45.6 Å². The zero-order valence-electron chi connectivity index (χ0n) is 9.26. The molecule has 0 amide bonds. The van der Waals surface area contributed by atoms with E-state index in [9.17, 15) is 8.42 Å². The molecule has 1 aromatic heterocycles. The van der Waals surface area contributed by atoms with Crippen molar-refractivity contribution in [1.29, 1.82) is 0 Å². The van der Waals surface area contributed by atoms with Crippen molar-refractivity contribution in [2.75, 3.05) is 5.73 Å². The molecule has 3 N–H and O–H groups in total. The Labute approximate surface area is 114 Å². The molecular formula is C11H11ClN2O2S2. The van der Waals surface area contributed by atoms with Gasteiger partial charge in [-0.05, 0) is 29.6 Å². The van der Waals surface area contributed by atoms with Gasteiger partial charge in [-0.25, -0.2) is 13.1 Å². The van der Waals surface area contributed by atoms with E-state index in [1.807, 2.05) is 17.5 Å². The molecular weight excluding hydrogens is 292 g/mol. The third kappa shape index (κ3) is 3.02. The van der Waals surface area contributed by atoms with E-state index in [4.69, 9.17) is 17.3 Å². The summed E-state index contributed by atoms with van der Waals surface area (Å²) < 4.78 is 26.6. The highest BCUT2D eigenvalue weighted by molar-refractivity contribution is 7.89. The predicted octanol–water partition coefficient (Wildman–Crippen LogP) is 2.46. The maximum absolute atomic E-state index is 12.1. The summed E-state index contributed by atoms with van der Waals surface area (Å²) in [5.41, 5.74) is 5.83. The molecule has 0 fully saturated rings. The van der Waals surface area contributed by atoms with Gasteiger partial charge in [0.1, 0.15) is 4.90 Å². The molecule has 18 heavy (non-hydrogen) atoms. The van der Waals surface area contributed by atoms with Gasteiger partial charge in [0, 0.05) is 16.4 Å². The highest BCUT2D eigenvalue weighted by atomic mass is 35.5. The maximum atomic E-state index is 12.1. The number of rotatable bonds is 4. The van der Waals surface area contributed by atoms with Crippen LogP contribution in [0.25, 0.3) is 0 Å². The molecule has 7 heteroatoms. The molecule has 0 radical (unpaired) electrons. The second-order valence-electron chi connectivity index (χ2n) is 3.59. The smallest absolute Gasteiger partial charge is 0.242 e. The van der Waals surface area contributed by atoms with Crippen LogP contribution >= 0.6 is 22.9 Å². The molecule has 0 unspecified atom stereocenters. The second kappa shape index (κ2) is 5.27. The number of sulfonamides is 1. The molecule has 0 saturated carbocycles. The van der Waals surface area contributed by atoms with Gasteiger partial charge < -0.3 is 5.73 Å². The van der Waals surface area contributed by atoms with Crippen LogP contribution in [0.3, 0.4) is 0 Å². The summed E-state index contributed by atoms with van der Waals surface area (Å²) in [5.74, 6) is 0. The summed E-state index contributed by atoms with van der Waals surface area (Å²) in [6, 6.07) is 8.08. The Bertz CT molecular complexity index is 639. The summed E-state index contributed by atoms with van der Waals surface area (Å²) in [5, 5.41) is 2.22. The molecule has 0 bridgehead atoms. The molecule has 0 spiro atoms. The summed E-state index contributed by atoms with van der Waals surface area (Å²) in [6.45, 7) is 0.242. The zero-order chi connectivity index (χ0) is 13.2. The molecule has 2 aromatic rings. The number of nitrogen functional groups attached to an aromatic ring is 1. The first-order chi connectivity index (χ1) is 8.49. The van der Waals surface area contributed by atoms with Crippen molar-refractivity contribution >= 4 is 38.6 Å². The second-order valence-corrected chi connectivity index (χ2v) is 6.79. The van der Waals surface area contributed by atoms with Crippen LogP contribution in [0.2, 0.25) is 5.02 Å². The van der Waals surface area contributed by atoms with Crippen LogP contribution in [0.5, 0.6) is 0 Å². The quantitative estimate of drug-likeness (QED) is 0.852. The van der Waals surface area contributed by atoms with E-state index < -0.39 is 10.0 Å². The van der Waals surface area contributed by atoms with Crippen molar-refractivity contribution in [2.24, 2.45) is 0 Å². The fourth-order valence-corrected chi connectivity index (χ4v) is 3.53. The van der Waals surface area contributed by atoms with Crippen molar-refractivity contribution in [2.45, 2.75) is 11.4 Å². The van der Waals surface area contributed by atoms with Crippen LogP contribution in [0.1, 0.15) is 4.88 Å². The van der Waals surface area contributed by atoms with E-state index in [-0.39, 0.29) is 17.1 Å². The van der Waals surface area contributed by atoms with Crippen LogP contribution in [0, 0.1) is 0 Å². The topological polar surface area (TPSA) is 72.2 Å². The van der Waals surface area contributed by atoms with Crippen molar-refractivity contribution in [1.82, 2.24) is 4.72 Å². The van der Waals surface area contributed by atoms with E-state index in [1.54, 1.807) is 6.07 Å². The molecule has 0 aliphatic heterocycles. The van der Waals surface area contributed by atoms with Crippen LogP contribution in [-0.2, 0) is 16.6 Å². The number of nitrogens with one attached hydrogen (secondary N) is 1. The van der Waals surface area contributed by atoms with Gasteiger partial charge in [0.25, 0.3) is 0 Å². The maximum Gasteiger partial charge on any atom is 0.242 e. The fourth-order valence-electron chi connectivity index (χ4n) is 1.40. The summed E-state index contributed by atoms with van der Waals surface area (Å²) in [4.78, 5) is 0.936. The number of benzene rings is 1. The van der Waals surface area contributed by atoms with Gasteiger partial charge in [0.05, 0.1) is 5.69 Å². The Morgan fingerprint density at radius 1 is 1.33 bits per heavy atom. The van der Waals surface area contributed by atoms with Crippen molar-refractivity contribution < 1.29 is 8.42 Å². The normalized spacial score (nSPS) is 11.6. The van der Waals surface area contributed by atoms with Gasteiger partial charge in [-0.3, -0.25) is 0 Å². The molecule has 96 valence electrons. The first-order valence-electron chi connectivity index (χ1n) is 5.06. The first-order valence-corrected chi connectivity index (χ1v) is 7.80. The number of halogens is 1. The fraction of sp³-hybridized carbons (Fsp3) is 0.0909. The largest absolute Gasteiger partial charge is 0.398 e. The molecule has 0 aliphatic carbocycles. The van der Waals surface area contributed by atoms with Gasteiger partial charge in [-0.2, -0.15) is 0 Å². The summed E-state index contributed by atoms with van der Waals surface area (Å²) >= 11 is 7.26. The molecule has 0 saturated heterocycles. The highest BCUT2D eigenvalue weighted by Crippen LogP contribution is 2.22. The minimum absolute atomic E-state index is 0.00607. The zero-order valence-corrected chi connectivity index (χ0v) is 11.6. The Balaban J connectivity index is 2.22. The molecule has 4 nitrogen and oxygen atoms in total. The van der Waals surface area contributed by atoms with Crippen LogP contribution in [0.15, 0.2) is 40.6 Å². The number of hydrogen-bond acceptors (Lipinski definition) is 4. The highest BCUT2D eigenvalue weighted by Gasteiger charge is 2.17. The SMILES string of the molecule is Nc1ccc(Cl)cc1S(=O)(=O)NCc1cccs1. The third-order valence-corrected chi connectivity index (χ3v) is 4.85. The van der Waals surface area contributed by atoms with Gasteiger partial charge in [-0.15, -0.1) is 11.3 Å². The van der Waals surface area contributed by atoms with E-state index in [1.165, 1.54) is 23.5 Å². The number of hydrogen-bond donors (Lipinski definition) is 2. The average Bonchev–Trinajstić information content (AvgIpc) is 2.83. The molecule has 1 heterocycles. The minimum Gasteiger partial charge on any atom is -0.398 e. The van der Waals surface area contributed by atoms with E-state index >= 15 is 0 Å². The summed E-state index contributed by atoms with van der Waals surface area (Å²) in [7, 11) is -3.64. The lowest BCUT2D eigenvalue weighted by Crippen LogP contribution is -2.23. The Kier molecular flexibility index (Phi) is 3.91. The lowest BCUT2D eigenvalue weighted by Gasteiger charge is -2.08. The molecule has 1 aromatic carbocycles. The van der Waals surface area contributed by atoms with Crippen LogP contribution in [0.4, 0.5) is 5.69 Å². The van der Waals surface area contributed by atoms with E-state index in [0.717, 1.165) is 4.88 Å². The Morgan fingerprint density at radius 3 is 2.78 bits per heavy atom. The van der Waals surface area contributed by atoms with E-state index in [2.05, 4.69) is 4.72 Å². The molecule has 2 rings (SSSR count). The van der Waals surface area contributed by atoms with E-state index in [0.29, 0.717) is 5.02 Å². The Morgan fingerprint density at radius 2 is 2.11 bits per heavy atom. The van der Waals surface area contributed by atoms with Crippen LogP contribution < -0.4 is 10.5 Å². The van der Waals surface area contributed by atoms with Crippen molar-refractivity contribution in [3.63, 3.8) is 0 Å². The Hall–Kier alpha value is -1.08. The lowest BCUT2D eigenvalue weighted by molar-refractivity contribution is 0.582. The number of anilines is 1. The first kappa shape index (κ1) is 13.4.